The summed E-state index contributed by atoms with van der Waals surface area (Å²) in [5, 5.41) is 2.38. The molecule has 1 saturated carbocycles. The monoisotopic (exact) mass is 415 g/mol. The highest BCUT2D eigenvalue weighted by Gasteiger charge is 2.46. The molecule has 0 aliphatic heterocycles. The van der Waals surface area contributed by atoms with Crippen LogP contribution in [0.4, 0.5) is 0 Å². The summed E-state index contributed by atoms with van der Waals surface area (Å²) in [7, 11) is 0. The molecule has 2 aromatic heterocycles. The van der Waals surface area contributed by atoms with Gasteiger partial charge in [0.15, 0.2) is 0 Å². The molecule has 156 valence electrons. The van der Waals surface area contributed by atoms with Gasteiger partial charge in [-0.3, -0.25) is 4.98 Å². The van der Waals surface area contributed by atoms with Crippen molar-refractivity contribution in [3.05, 3.63) is 89.1 Å². The molecule has 2 nitrogen and oxygen atoms in total. The zero-order valence-electron chi connectivity index (χ0n) is 18.5. The van der Waals surface area contributed by atoms with Crippen LogP contribution in [-0.4, -0.2) is 4.98 Å². The number of aromatic nitrogens is 1. The van der Waals surface area contributed by atoms with Gasteiger partial charge in [-0.15, -0.1) is 0 Å². The van der Waals surface area contributed by atoms with Crippen LogP contribution >= 0.6 is 0 Å². The Morgan fingerprint density at radius 2 is 1.50 bits per heavy atom. The quantitative estimate of drug-likeness (QED) is 0.276. The number of hydrogen-bond donors (Lipinski definition) is 0. The highest BCUT2D eigenvalue weighted by Crippen LogP contribution is 2.59. The smallest absolute Gasteiger partial charge is 0.145 e. The van der Waals surface area contributed by atoms with Gasteiger partial charge in [-0.1, -0.05) is 67.4 Å². The number of benzene rings is 3. The average molecular weight is 416 g/mol. The molecule has 0 bridgehead atoms. The number of fused-ring (bicyclic) bond motifs is 9. The van der Waals surface area contributed by atoms with Gasteiger partial charge >= 0.3 is 0 Å². The first-order valence-electron chi connectivity index (χ1n) is 11.7. The minimum atomic E-state index is 0.163. The normalized spacial score (nSPS) is 16.2. The third kappa shape index (κ3) is 2.22. The molecule has 0 N–H and O–H groups in total. The van der Waals surface area contributed by atoms with Crippen LogP contribution in [0, 0.1) is 13.8 Å². The van der Waals surface area contributed by atoms with Gasteiger partial charge in [0.25, 0.3) is 0 Å². The predicted molar refractivity (Wildman–Crippen MR) is 131 cm³/mol. The fourth-order valence-electron chi connectivity index (χ4n) is 6.38. The Bertz CT molecular complexity index is 1530. The minimum absolute atomic E-state index is 0.163. The van der Waals surface area contributed by atoms with E-state index in [-0.39, 0.29) is 5.41 Å². The number of aryl methyl sites for hydroxylation is 2. The molecule has 5 aromatic rings. The lowest BCUT2D eigenvalue weighted by molar-refractivity contribution is 0.549. The lowest BCUT2D eigenvalue weighted by Gasteiger charge is -2.26. The topological polar surface area (TPSA) is 26.0 Å². The second kappa shape index (κ2) is 6.32. The maximum Gasteiger partial charge on any atom is 0.145 e. The summed E-state index contributed by atoms with van der Waals surface area (Å²) in [6.45, 7) is 4.22. The summed E-state index contributed by atoms with van der Waals surface area (Å²) < 4.78 is 6.81. The van der Waals surface area contributed by atoms with Crippen molar-refractivity contribution in [2.45, 2.75) is 44.9 Å². The number of pyridine rings is 1. The zero-order valence-corrected chi connectivity index (χ0v) is 18.5. The molecule has 1 spiro atoms. The SMILES string of the molecule is Cc1ccc(-c2c(C)ccc3c2oc2c4c(ccc23)C2(CCCC2)c2ccccc2-4)nc1. The lowest BCUT2D eigenvalue weighted by Crippen LogP contribution is -2.20. The first kappa shape index (κ1) is 18.2. The Kier molecular flexibility index (Phi) is 3.60. The number of rotatable bonds is 1. The van der Waals surface area contributed by atoms with E-state index in [1.807, 2.05) is 6.20 Å². The third-order valence-electron chi connectivity index (χ3n) is 7.87. The largest absolute Gasteiger partial charge is 0.455 e. The van der Waals surface area contributed by atoms with Crippen LogP contribution in [0.1, 0.15) is 47.9 Å². The fraction of sp³-hybridized carbons (Fsp3) is 0.233. The van der Waals surface area contributed by atoms with Crippen molar-refractivity contribution < 1.29 is 4.42 Å². The maximum atomic E-state index is 6.81. The van der Waals surface area contributed by atoms with Crippen molar-refractivity contribution in [3.8, 4) is 22.4 Å². The van der Waals surface area contributed by atoms with Gasteiger partial charge < -0.3 is 4.42 Å². The van der Waals surface area contributed by atoms with Crippen molar-refractivity contribution in [1.29, 1.82) is 0 Å². The molecule has 2 aliphatic rings. The zero-order chi connectivity index (χ0) is 21.4. The van der Waals surface area contributed by atoms with Crippen LogP contribution in [0.5, 0.6) is 0 Å². The first-order chi connectivity index (χ1) is 15.7. The van der Waals surface area contributed by atoms with Crippen molar-refractivity contribution in [3.63, 3.8) is 0 Å². The molecule has 0 atom stereocenters. The van der Waals surface area contributed by atoms with Crippen molar-refractivity contribution in [1.82, 2.24) is 4.98 Å². The fourth-order valence-corrected chi connectivity index (χ4v) is 6.38. The standard InChI is InChI=1S/C30H25NO/c1-18-9-14-25(31-17-18)26-19(2)10-11-20-21-12-13-24-27(29(21)32-28(20)26)22-7-3-4-8-23(22)30(24)15-5-6-16-30/h3-4,7-14,17H,5-6,15-16H2,1-2H3. The van der Waals surface area contributed by atoms with Crippen LogP contribution in [0.15, 0.2) is 71.3 Å². The summed E-state index contributed by atoms with van der Waals surface area (Å²) in [6, 6.07) is 22.4. The Labute approximate surface area is 187 Å². The van der Waals surface area contributed by atoms with Crippen molar-refractivity contribution >= 4 is 21.9 Å². The molecule has 0 radical (unpaired) electrons. The van der Waals surface area contributed by atoms with Crippen molar-refractivity contribution in [2.75, 3.05) is 0 Å². The maximum absolute atomic E-state index is 6.81. The Balaban J connectivity index is 1.59. The van der Waals surface area contributed by atoms with E-state index >= 15 is 0 Å². The third-order valence-corrected chi connectivity index (χ3v) is 7.87. The van der Waals surface area contributed by atoms with Crippen LogP contribution < -0.4 is 0 Å². The Morgan fingerprint density at radius 3 is 2.28 bits per heavy atom. The van der Waals surface area contributed by atoms with E-state index in [0.29, 0.717) is 0 Å². The van der Waals surface area contributed by atoms with Gasteiger partial charge in [-0.25, -0.2) is 0 Å². The summed E-state index contributed by atoms with van der Waals surface area (Å²) in [6.07, 6.45) is 7.01. The second-order valence-corrected chi connectivity index (χ2v) is 9.66. The summed E-state index contributed by atoms with van der Waals surface area (Å²) >= 11 is 0. The van der Waals surface area contributed by atoms with Gasteiger partial charge in [0.05, 0.1) is 5.69 Å². The molecule has 7 rings (SSSR count). The van der Waals surface area contributed by atoms with Crippen LogP contribution in [0.3, 0.4) is 0 Å². The molecular formula is C30H25NO. The highest BCUT2D eigenvalue weighted by atomic mass is 16.3. The molecule has 0 amide bonds. The van der Waals surface area contributed by atoms with Gasteiger partial charge in [0.1, 0.15) is 11.2 Å². The second-order valence-electron chi connectivity index (χ2n) is 9.66. The van der Waals surface area contributed by atoms with Crippen molar-refractivity contribution in [2.24, 2.45) is 0 Å². The molecule has 2 aliphatic carbocycles. The van der Waals surface area contributed by atoms with E-state index in [9.17, 15) is 0 Å². The molecular weight excluding hydrogens is 390 g/mol. The molecule has 2 heteroatoms. The highest BCUT2D eigenvalue weighted by molar-refractivity contribution is 6.14. The van der Waals surface area contributed by atoms with Gasteiger partial charge in [-0.05, 0) is 60.6 Å². The van der Waals surface area contributed by atoms with E-state index in [2.05, 4.69) is 74.5 Å². The average Bonchev–Trinajstić information content (AvgIpc) is 3.51. The summed E-state index contributed by atoms with van der Waals surface area (Å²) in [4.78, 5) is 4.74. The summed E-state index contributed by atoms with van der Waals surface area (Å²) in [5.74, 6) is 0. The first-order valence-corrected chi connectivity index (χ1v) is 11.7. The molecule has 1 fully saturated rings. The van der Waals surface area contributed by atoms with E-state index in [0.717, 1.165) is 22.4 Å². The minimum Gasteiger partial charge on any atom is -0.455 e. The van der Waals surface area contributed by atoms with E-state index in [1.165, 1.54) is 69.8 Å². The molecule has 3 aromatic carbocycles. The molecule has 0 unspecified atom stereocenters. The number of furan rings is 1. The van der Waals surface area contributed by atoms with Crippen LogP contribution in [-0.2, 0) is 5.41 Å². The predicted octanol–water partition coefficient (Wildman–Crippen LogP) is 8.11. The lowest BCUT2D eigenvalue weighted by atomic mass is 9.77. The van der Waals surface area contributed by atoms with E-state index in [1.54, 1.807) is 0 Å². The van der Waals surface area contributed by atoms with E-state index in [4.69, 9.17) is 9.40 Å². The molecule has 32 heavy (non-hydrogen) atoms. The van der Waals surface area contributed by atoms with Gasteiger partial charge in [0, 0.05) is 33.5 Å². The number of nitrogens with zero attached hydrogens (tertiary/aromatic N) is 1. The number of hydrogen-bond acceptors (Lipinski definition) is 2. The molecule has 2 heterocycles. The van der Waals surface area contributed by atoms with Crippen LogP contribution in [0.25, 0.3) is 44.3 Å². The Morgan fingerprint density at radius 1 is 0.750 bits per heavy atom. The van der Waals surface area contributed by atoms with Gasteiger partial charge in [-0.2, -0.15) is 0 Å². The van der Waals surface area contributed by atoms with Crippen LogP contribution in [0.2, 0.25) is 0 Å². The van der Waals surface area contributed by atoms with E-state index < -0.39 is 0 Å². The van der Waals surface area contributed by atoms with Gasteiger partial charge in [0.2, 0.25) is 0 Å². The Hall–Kier alpha value is -3.39. The summed E-state index contributed by atoms with van der Waals surface area (Å²) in [5.41, 5.74) is 12.2. The molecule has 0 saturated heterocycles.